The molecule has 0 aromatic rings. The molecule has 1 N–H and O–H groups in total. The van der Waals surface area contributed by atoms with Gasteiger partial charge in [0.2, 0.25) is 0 Å². The van der Waals surface area contributed by atoms with Crippen LogP contribution in [0.4, 0.5) is 4.79 Å². The summed E-state index contributed by atoms with van der Waals surface area (Å²) in [7, 11) is 0. The number of nitrogens with one attached hydrogen (secondary N) is 1. The summed E-state index contributed by atoms with van der Waals surface area (Å²) in [6, 6.07) is 0.419. The first-order valence-corrected chi connectivity index (χ1v) is 7.08. The normalized spacial score (nSPS) is 24.2. The molecule has 0 aromatic carbocycles. The molecule has 3 atom stereocenters. The van der Waals surface area contributed by atoms with Crippen molar-refractivity contribution in [2.45, 2.75) is 59.4 Å². The fraction of sp³-hybridized carbons (Fsp3) is 0.929. The minimum Gasteiger partial charge on any atom is -0.336 e. The van der Waals surface area contributed by atoms with Crippen molar-refractivity contribution in [3.05, 3.63) is 0 Å². The molecular weight excluding hydrogens is 212 g/mol. The molecule has 2 amide bonds. The van der Waals surface area contributed by atoms with E-state index < -0.39 is 0 Å². The van der Waals surface area contributed by atoms with Crippen LogP contribution in [0, 0.1) is 11.8 Å². The van der Waals surface area contributed by atoms with E-state index >= 15 is 0 Å². The average molecular weight is 240 g/mol. The van der Waals surface area contributed by atoms with Crippen LogP contribution in [0.5, 0.6) is 0 Å². The molecule has 1 fully saturated rings. The number of urea groups is 1. The summed E-state index contributed by atoms with van der Waals surface area (Å²) in [5.41, 5.74) is 0. The van der Waals surface area contributed by atoms with E-state index in [1.807, 2.05) is 4.90 Å². The molecule has 1 aliphatic rings. The van der Waals surface area contributed by atoms with Gasteiger partial charge in [-0.2, -0.15) is 0 Å². The minimum atomic E-state index is 0.132. The highest BCUT2D eigenvalue weighted by Crippen LogP contribution is 2.16. The number of nitrogens with zero attached hydrogens (tertiary/aromatic N) is 1. The third-order valence-electron chi connectivity index (χ3n) is 3.77. The topological polar surface area (TPSA) is 32.3 Å². The Morgan fingerprint density at radius 2 is 2.18 bits per heavy atom. The molecule has 3 nitrogen and oxygen atoms in total. The van der Waals surface area contributed by atoms with Crippen LogP contribution in [0.1, 0.15) is 53.4 Å². The van der Waals surface area contributed by atoms with Crippen LogP contribution in [0.2, 0.25) is 0 Å². The monoisotopic (exact) mass is 240 g/mol. The Morgan fingerprint density at radius 3 is 2.76 bits per heavy atom. The summed E-state index contributed by atoms with van der Waals surface area (Å²) in [4.78, 5) is 14.0. The smallest absolute Gasteiger partial charge is 0.317 e. The Labute approximate surface area is 106 Å². The van der Waals surface area contributed by atoms with Crippen molar-refractivity contribution >= 4 is 6.03 Å². The predicted molar refractivity (Wildman–Crippen MR) is 72.0 cm³/mol. The Balaban J connectivity index is 2.32. The lowest BCUT2D eigenvalue weighted by molar-refractivity contribution is 0.165. The number of likely N-dealkylation sites (tertiary alicyclic amines) is 1. The van der Waals surface area contributed by atoms with Gasteiger partial charge < -0.3 is 10.2 Å². The lowest BCUT2D eigenvalue weighted by Gasteiger charge is -2.32. The number of hydrogen-bond donors (Lipinski definition) is 1. The SMILES string of the molecule is CCC(C)CC(C)NC(=O)N1CCCC(C)C1. The van der Waals surface area contributed by atoms with E-state index in [9.17, 15) is 4.79 Å². The lowest BCUT2D eigenvalue weighted by Crippen LogP contribution is -2.47. The first kappa shape index (κ1) is 14.3. The third kappa shape index (κ3) is 4.97. The first-order valence-electron chi connectivity index (χ1n) is 7.08. The molecule has 1 heterocycles. The maximum absolute atomic E-state index is 12.0. The van der Waals surface area contributed by atoms with Crippen molar-refractivity contribution in [3.63, 3.8) is 0 Å². The fourth-order valence-electron chi connectivity index (χ4n) is 2.51. The molecule has 100 valence electrons. The number of hydrogen-bond acceptors (Lipinski definition) is 1. The van der Waals surface area contributed by atoms with Crippen LogP contribution in [0.15, 0.2) is 0 Å². The molecule has 0 aromatic heterocycles. The van der Waals surface area contributed by atoms with E-state index in [2.05, 4.69) is 33.0 Å². The van der Waals surface area contributed by atoms with Crippen LogP contribution < -0.4 is 5.32 Å². The van der Waals surface area contributed by atoms with Gasteiger partial charge in [0.05, 0.1) is 0 Å². The predicted octanol–water partition coefficient (Wildman–Crippen LogP) is 3.25. The molecule has 3 unspecified atom stereocenters. The Kier molecular flexibility index (Phi) is 5.79. The van der Waals surface area contributed by atoms with Crippen LogP contribution in [-0.2, 0) is 0 Å². The Bertz CT molecular complexity index is 242. The van der Waals surface area contributed by atoms with Gasteiger partial charge in [-0.15, -0.1) is 0 Å². The zero-order valence-corrected chi connectivity index (χ0v) is 11.8. The molecule has 0 radical (unpaired) electrons. The number of carbonyl (C=O) groups excluding carboxylic acids is 1. The average Bonchev–Trinajstić information content (AvgIpc) is 2.28. The van der Waals surface area contributed by atoms with E-state index in [1.165, 1.54) is 12.8 Å². The highest BCUT2D eigenvalue weighted by molar-refractivity contribution is 5.74. The van der Waals surface area contributed by atoms with E-state index in [0.29, 0.717) is 11.8 Å². The van der Waals surface area contributed by atoms with Crippen molar-refractivity contribution in [1.29, 1.82) is 0 Å². The van der Waals surface area contributed by atoms with Crippen molar-refractivity contribution in [2.75, 3.05) is 13.1 Å². The molecule has 1 saturated heterocycles. The van der Waals surface area contributed by atoms with Crippen LogP contribution in [-0.4, -0.2) is 30.1 Å². The van der Waals surface area contributed by atoms with Gasteiger partial charge in [-0.05, 0) is 38.0 Å². The van der Waals surface area contributed by atoms with Gasteiger partial charge in [0.15, 0.2) is 0 Å². The summed E-state index contributed by atoms with van der Waals surface area (Å²) in [6.45, 7) is 10.6. The van der Waals surface area contributed by atoms with Crippen molar-refractivity contribution in [3.8, 4) is 0 Å². The summed E-state index contributed by atoms with van der Waals surface area (Å²) in [5.74, 6) is 1.34. The van der Waals surface area contributed by atoms with Gasteiger partial charge in [-0.3, -0.25) is 0 Å². The summed E-state index contributed by atoms with van der Waals surface area (Å²) < 4.78 is 0. The highest BCUT2D eigenvalue weighted by Gasteiger charge is 2.22. The Hall–Kier alpha value is -0.730. The molecular formula is C14H28N2O. The lowest BCUT2D eigenvalue weighted by atomic mass is 10.00. The molecule has 1 rings (SSSR count). The fourth-order valence-corrected chi connectivity index (χ4v) is 2.51. The van der Waals surface area contributed by atoms with Crippen LogP contribution in [0.25, 0.3) is 0 Å². The van der Waals surface area contributed by atoms with Crippen molar-refractivity contribution in [1.82, 2.24) is 10.2 Å². The van der Waals surface area contributed by atoms with Gasteiger partial charge in [-0.25, -0.2) is 4.79 Å². The van der Waals surface area contributed by atoms with E-state index in [-0.39, 0.29) is 12.1 Å². The molecule has 0 aliphatic carbocycles. The highest BCUT2D eigenvalue weighted by atomic mass is 16.2. The van der Waals surface area contributed by atoms with Gasteiger partial charge in [0.25, 0.3) is 0 Å². The number of rotatable bonds is 4. The molecule has 3 heteroatoms. The quantitative estimate of drug-likeness (QED) is 0.803. The second-order valence-electron chi connectivity index (χ2n) is 5.79. The molecule has 0 spiro atoms. The van der Waals surface area contributed by atoms with Crippen LogP contribution >= 0.6 is 0 Å². The van der Waals surface area contributed by atoms with Gasteiger partial charge >= 0.3 is 6.03 Å². The molecule has 1 aliphatic heterocycles. The zero-order valence-electron chi connectivity index (χ0n) is 11.8. The van der Waals surface area contributed by atoms with E-state index in [4.69, 9.17) is 0 Å². The van der Waals surface area contributed by atoms with E-state index in [1.54, 1.807) is 0 Å². The summed E-state index contributed by atoms with van der Waals surface area (Å²) in [6.07, 6.45) is 4.66. The largest absolute Gasteiger partial charge is 0.336 e. The van der Waals surface area contributed by atoms with Crippen LogP contribution in [0.3, 0.4) is 0 Å². The zero-order chi connectivity index (χ0) is 12.8. The number of carbonyl (C=O) groups is 1. The van der Waals surface area contributed by atoms with Gasteiger partial charge in [0.1, 0.15) is 0 Å². The number of piperidine rings is 1. The second kappa shape index (κ2) is 6.87. The number of amides is 2. The van der Waals surface area contributed by atoms with E-state index in [0.717, 1.165) is 25.9 Å². The van der Waals surface area contributed by atoms with Gasteiger partial charge in [-0.1, -0.05) is 27.2 Å². The third-order valence-corrected chi connectivity index (χ3v) is 3.77. The maximum atomic E-state index is 12.0. The van der Waals surface area contributed by atoms with Gasteiger partial charge in [0, 0.05) is 19.1 Å². The summed E-state index contributed by atoms with van der Waals surface area (Å²) >= 11 is 0. The maximum Gasteiger partial charge on any atom is 0.317 e. The summed E-state index contributed by atoms with van der Waals surface area (Å²) in [5, 5.41) is 3.12. The van der Waals surface area contributed by atoms with Crippen molar-refractivity contribution < 1.29 is 4.79 Å². The standard InChI is InChI=1S/C14H28N2O/c1-5-11(2)9-13(4)15-14(17)16-8-6-7-12(3)10-16/h11-13H,5-10H2,1-4H3,(H,15,17). The second-order valence-corrected chi connectivity index (χ2v) is 5.79. The first-order chi connectivity index (χ1) is 8.02. The van der Waals surface area contributed by atoms with Crippen molar-refractivity contribution in [2.24, 2.45) is 11.8 Å². The Morgan fingerprint density at radius 1 is 1.47 bits per heavy atom. The molecule has 0 saturated carbocycles. The molecule has 17 heavy (non-hydrogen) atoms. The minimum absolute atomic E-state index is 0.132. The molecule has 0 bridgehead atoms.